The van der Waals surface area contributed by atoms with Crippen LogP contribution < -0.4 is 5.73 Å². The normalized spacial score (nSPS) is 14.9. The summed E-state index contributed by atoms with van der Waals surface area (Å²) in [4.78, 5) is 0. The van der Waals surface area contributed by atoms with Gasteiger partial charge in [-0.25, -0.2) is 0 Å². The smallest absolute Gasteiger partial charge is 0.00967 e. The van der Waals surface area contributed by atoms with Crippen LogP contribution in [0.4, 0.5) is 0 Å². The molecule has 0 aliphatic heterocycles. The first-order valence-corrected chi connectivity index (χ1v) is 8.62. The Hall–Kier alpha value is 0.180. The third-order valence-corrected chi connectivity index (χ3v) is 4.65. The van der Waals surface area contributed by atoms with Crippen molar-refractivity contribution < 1.29 is 0 Å². The van der Waals surface area contributed by atoms with Gasteiger partial charge in [-0.05, 0) is 19.1 Å². The second kappa shape index (κ2) is 11.7. The van der Waals surface area contributed by atoms with E-state index < -0.39 is 0 Å². The van der Waals surface area contributed by atoms with Gasteiger partial charge in [0.05, 0.1) is 0 Å². The van der Waals surface area contributed by atoms with Crippen LogP contribution in [-0.4, -0.2) is 23.4 Å². The summed E-state index contributed by atoms with van der Waals surface area (Å²) < 4.78 is 0. The van der Waals surface area contributed by atoms with Crippen LogP contribution in [0.1, 0.15) is 65.2 Å². The maximum absolute atomic E-state index is 5.76. The Morgan fingerprint density at radius 3 is 2.00 bits per heavy atom. The monoisotopic (exact) mass is 245 g/mol. The second-order valence-electron chi connectivity index (χ2n) is 4.94. The average molecular weight is 245 g/mol. The summed E-state index contributed by atoms with van der Waals surface area (Å²) in [6, 6.07) is 0.329. The molecule has 2 heteroatoms. The molecule has 0 fully saturated rings. The molecule has 0 radical (unpaired) electrons. The van der Waals surface area contributed by atoms with Crippen molar-refractivity contribution in [3.63, 3.8) is 0 Å². The Labute approximate surface area is 105 Å². The van der Waals surface area contributed by atoms with Crippen LogP contribution in [0, 0.1) is 0 Å². The highest BCUT2D eigenvalue weighted by atomic mass is 32.2. The SMILES string of the molecule is C=S(CCCCCCCCCC)CC(C)N. The molecule has 0 bridgehead atoms. The van der Waals surface area contributed by atoms with Crippen molar-refractivity contribution in [2.75, 3.05) is 11.5 Å². The van der Waals surface area contributed by atoms with Crippen molar-refractivity contribution in [3.05, 3.63) is 0 Å². The van der Waals surface area contributed by atoms with Crippen LogP contribution in [-0.2, 0) is 0 Å². The lowest BCUT2D eigenvalue weighted by molar-refractivity contribution is 0.586. The van der Waals surface area contributed by atoms with Crippen LogP contribution in [0.15, 0.2) is 0 Å². The Balaban J connectivity index is 3.11. The fraction of sp³-hybridized carbons (Fsp3) is 0.929. The molecule has 2 N–H and O–H groups in total. The van der Waals surface area contributed by atoms with Crippen LogP contribution in [0.2, 0.25) is 0 Å². The summed E-state index contributed by atoms with van der Waals surface area (Å²) in [5.41, 5.74) is 5.76. The van der Waals surface area contributed by atoms with E-state index in [2.05, 4.69) is 19.7 Å². The second-order valence-corrected chi connectivity index (χ2v) is 6.90. The maximum atomic E-state index is 5.76. The van der Waals surface area contributed by atoms with E-state index in [9.17, 15) is 0 Å². The molecule has 0 saturated heterocycles. The number of unbranched alkanes of at least 4 members (excludes halogenated alkanes) is 7. The molecule has 0 rings (SSSR count). The van der Waals surface area contributed by atoms with Crippen molar-refractivity contribution in [2.45, 2.75) is 71.3 Å². The van der Waals surface area contributed by atoms with Gasteiger partial charge in [0.2, 0.25) is 0 Å². The third-order valence-electron chi connectivity index (χ3n) is 2.79. The Morgan fingerprint density at radius 2 is 1.50 bits per heavy atom. The minimum Gasteiger partial charge on any atom is -0.327 e. The number of rotatable bonds is 11. The molecular formula is C14H31NS. The van der Waals surface area contributed by atoms with Crippen molar-refractivity contribution in [2.24, 2.45) is 5.73 Å². The Morgan fingerprint density at radius 1 is 1.00 bits per heavy atom. The Kier molecular flexibility index (Phi) is 11.8. The first-order chi connectivity index (χ1) is 7.66. The van der Waals surface area contributed by atoms with Crippen LogP contribution in [0.5, 0.6) is 0 Å². The van der Waals surface area contributed by atoms with Gasteiger partial charge >= 0.3 is 0 Å². The van der Waals surface area contributed by atoms with Crippen LogP contribution in [0.25, 0.3) is 0 Å². The number of nitrogens with two attached hydrogens (primary N) is 1. The van der Waals surface area contributed by atoms with Crippen LogP contribution >= 0.6 is 10.5 Å². The highest BCUT2D eigenvalue weighted by Crippen LogP contribution is 2.15. The zero-order valence-electron chi connectivity index (χ0n) is 11.3. The van der Waals surface area contributed by atoms with Gasteiger partial charge < -0.3 is 5.73 Å². The lowest BCUT2D eigenvalue weighted by atomic mass is 10.1. The van der Waals surface area contributed by atoms with Crippen molar-refractivity contribution in [1.82, 2.24) is 0 Å². The molecule has 0 saturated carbocycles. The summed E-state index contributed by atoms with van der Waals surface area (Å²) in [5, 5.41) is 0. The summed E-state index contributed by atoms with van der Waals surface area (Å²) >= 11 is 0. The molecule has 16 heavy (non-hydrogen) atoms. The topological polar surface area (TPSA) is 26.0 Å². The lowest BCUT2D eigenvalue weighted by Gasteiger charge is -2.09. The highest BCUT2D eigenvalue weighted by Gasteiger charge is 1.97. The average Bonchev–Trinajstić information content (AvgIpc) is 2.21. The fourth-order valence-corrected chi connectivity index (χ4v) is 3.42. The van der Waals surface area contributed by atoms with E-state index in [4.69, 9.17) is 5.73 Å². The molecule has 0 aliphatic rings. The van der Waals surface area contributed by atoms with E-state index >= 15 is 0 Å². The largest absolute Gasteiger partial charge is 0.327 e. The minimum absolute atomic E-state index is 0.315. The molecule has 1 nitrogen and oxygen atoms in total. The molecule has 0 aliphatic carbocycles. The van der Waals surface area contributed by atoms with Gasteiger partial charge in [0.25, 0.3) is 0 Å². The molecular weight excluding hydrogens is 214 g/mol. The number of hydrogen-bond donors (Lipinski definition) is 1. The van der Waals surface area contributed by atoms with E-state index in [1.807, 2.05) is 0 Å². The predicted molar refractivity (Wildman–Crippen MR) is 80.7 cm³/mol. The summed E-state index contributed by atoms with van der Waals surface area (Å²) in [6.07, 6.45) is 11.2. The Bertz CT molecular complexity index is 166. The van der Waals surface area contributed by atoms with Crippen LogP contribution in [0.3, 0.4) is 0 Å². The maximum Gasteiger partial charge on any atom is 0.00967 e. The van der Waals surface area contributed by atoms with E-state index in [1.165, 1.54) is 57.1 Å². The summed E-state index contributed by atoms with van der Waals surface area (Å²) in [5.74, 6) is 6.58. The lowest BCUT2D eigenvalue weighted by Crippen LogP contribution is -2.18. The van der Waals surface area contributed by atoms with Crippen molar-refractivity contribution in [1.29, 1.82) is 0 Å². The summed E-state index contributed by atoms with van der Waals surface area (Å²) in [6.45, 7) is 4.35. The van der Waals surface area contributed by atoms with Crippen molar-refractivity contribution >= 4 is 16.4 Å². The third kappa shape index (κ3) is 12.3. The molecule has 2 atom stereocenters. The molecule has 0 aromatic carbocycles. The quantitative estimate of drug-likeness (QED) is 0.429. The van der Waals surface area contributed by atoms with Gasteiger partial charge in [0.15, 0.2) is 0 Å². The van der Waals surface area contributed by atoms with Crippen molar-refractivity contribution in [3.8, 4) is 0 Å². The fourth-order valence-electron chi connectivity index (χ4n) is 1.90. The molecule has 0 aromatic heterocycles. The molecule has 0 amide bonds. The molecule has 0 aromatic rings. The van der Waals surface area contributed by atoms with E-state index in [1.54, 1.807) is 0 Å². The van der Waals surface area contributed by atoms with Gasteiger partial charge in [-0.2, -0.15) is 10.5 Å². The van der Waals surface area contributed by atoms with Gasteiger partial charge in [0.1, 0.15) is 0 Å². The first kappa shape index (κ1) is 16.2. The highest BCUT2D eigenvalue weighted by molar-refractivity contribution is 8.14. The standard InChI is InChI=1S/C14H31NS/c1-4-5-6-7-8-9-10-11-12-16(3)13-14(2)15/h14H,3-13,15H2,1-2H3. The van der Waals surface area contributed by atoms with E-state index in [0.717, 1.165) is 5.75 Å². The van der Waals surface area contributed by atoms with Gasteiger partial charge in [-0.1, -0.05) is 57.7 Å². The van der Waals surface area contributed by atoms with Gasteiger partial charge in [-0.3, -0.25) is 0 Å². The molecule has 98 valence electrons. The first-order valence-electron chi connectivity index (χ1n) is 6.89. The minimum atomic E-state index is 0.315. The molecule has 0 spiro atoms. The van der Waals surface area contributed by atoms with E-state index in [-0.39, 0.29) is 0 Å². The van der Waals surface area contributed by atoms with Gasteiger partial charge in [-0.15, -0.1) is 0 Å². The van der Waals surface area contributed by atoms with Gasteiger partial charge in [0, 0.05) is 11.8 Å². The van der Waals surface area contributed by atoms with E-state index in [0.29, 0.717) is 16.5 Å². The zero-order valence-corrected chi connectivity index (χ0v) is 12.2. The molecule has 0 heterocycles. The zero-order chi connectivity index (χ0) is 12.2. The predicted octanol–water partition coefficient (Wildman–Crippen LogP) is 4.18. The number of hydrogen-bond acceptors (Lipinski definition) is 1. The molecule has 2 unspecified atom stereocenters. The summed E-state index contributed by atoms with van der Waals surface area (Å²) in [7, 11) is 0.315.